The molecule has 3 heteroatoms. The minimum atomic E-state index is 0.799. The van der Waals surface area contributed by atoms with Crippen molar-refractivity contribution in [1.82, 2.24) is 15.0 Å². The second-order valence-electron chi connectivity index (χ2n) is 12.0. The van der Waals surface area contributed by atoms with E-state index in [9.17, 15) is 0 Å². The highest BCUT2D eigenvalue weighted by atomic mass is 14.9. The van der Waals surface area contributed by atoms with Gasteiger partial charge >= 0.3 is 0 Å². The summed E-state index contributed by atoms with van der Waals surface area (Å²) in [5.74, 6) is 0.799. The molecule has 46 heavy (non-hydrogen) atoms. The van der Waals surface area contributed by atoms with Crippen molar-refractivity contribution >= 4 is 11.1 Å². The second kappa shape index (κ2) is 10.9. The first-order valence-corrected chi connectivity index (χ1v) is 15.8. The van der Waals surface area contributed by atoms with E-state index < -0.39 is 0 Å². The molecule has 0 N–H and O–H groups in total. The van der Waals surface area contributed by atoms with E-state index in [0.29, 0.717) is 0 Å². The van der Waals surface area contributed by atoms with Crippen molar-refractivity contribution < 1.29 is 0 Å². The van der Waals surface area contributed by atoms with E-state index in [0.717, 1.165) is 52.3 Å². The van der Waals surface area contributed by atoms with E-state index in [4.69, 9.17) is 9.97 Å². The van der Waals surface area contributed by atoms with Gasteiger partial charge in [0, 0.05) is 34.7 Å². The Bertz CT molecular complexity index is 2310. The van der Waals surface area contributed by atoms with Crippen molar-refractivity contribution in [3.63, 3.8) is 0 Å². The Morgan fingerprint density at radius 2 is 1.00 bits per heavy atom. The second-order valence-corrected chi connectivity index (χ2v) is 12.0. The number of fused-ring (bicyclic) bond motifs is 3. The summed E-state index contributed by atoms with van der Waals surface area (Å²) in [5, 5.41) is 2.60. The maximum absolute atomic E-state index is 5.32. The lowest BCUT2D eigenvalue weighted by atomic mass is 9.92. The van der Waals surface area contributed by atoms with Crippen LogP contribution in [0.4, 0.5) is 0 Å². The summed E-state index contributed by atoms with van der Waals surface area (Å²) in [7, 11) is 0. The average molecular weight is 588 g/mol. The summed E-state index contributed by atoms with van der Waals surface area (Å²) in [6, 6.07) is 49.5. The van der Waals surface area contributed by atoms with Gasteiger partial charge in [0.2, 0.25) is 0 Å². The van der Waals surface area contributed by atoms with E-state index in [2.05, 4.69) is 138 Å². The van der Waals surface area contributed by atoms with E-state index in [1.54, 1.807) is 0 Å². The summed E-state index contributed by atoms with van der Waals surface area (Å²) in [6.45, 7) is 0. The normalized spacial score (nSPS) is 13.0. The Morgan fingerprint density at radius 3 is 1.74 bits per heavy atom. The maximum Gasteiger partial charge on any atom is 0.157 e. The highest BCUT2D eigenvalue weighted by molar-refractivity contribution is 5.92. The van der Waals surface area contributed by atoms with Crippen molar-refractivity contribution in [3.05, 3.63) is 174 Å². The predicted octanol–water partition coefficient (Wildman–Crippen LogP) is 8.71. The molecule has 2 aromatic heterocycles. The first-order chi connectivity index (χ1) is 22.8. The van der Waals surface area contributed by atoms with Gasteiger partial charge < -0.3 is 0 Å². The van der Waals surface area contributed by atoms with Gasteiger partial charge in [0.15, 0.2) is 5.82 Å². The minimum Gasteiger partial charge on any atom is -0.264 e. The first-order valence-electron chi connectivity index (χ1n) is 15.8. The fraction of sp³-hybridized carbons (Fsp3) is 0.0465. The van der Waals surface area contributed by atoms with Crippen LogP contribution in [0.3, 0.4) is 0 Å². The average Bonchev–Trinajstić information content (AvgIpc) is 3.47. The molecule has 2 aliphatic rings. The zero-order valence-corrected chi connectivity index (χ0v) is 25.2. The van der Waals surface area contributed by atoms with E-state index in [-0.39, 0.29) is 0 Å². The Labute approximate surface area is 268 Å². The van der Waals surface area contributed by atoms with Crippen LogP contribution >= 0.6 is 0 Å². The van der Waals surface area contributed by atoms with Crippen LogP contribution in [0.5, 0.6) is 0 Å². The zero-order valence-electron chi connectivity index (χ0n) is 25.2. The van der Waals surface area contributed by atoms with Gasteiger partial charge in [-0.2, -0.15) is 0 Å². The van der Waals surface area contributed by atoms with Gasteiger partial charge in [-0.1, -0.05) is 115 Å². The van der Waals surface area contributed by atoms with E-state index >= 15 is 0 Å². The fourth-order valence-corrected chi connectivity index (χ4v) is 7.10. The lowest BCUT2D eigenvalue weighted by molar-refractivity contribution is 1.00. The summed E-state index contributed by atoms with van der Waals surface area (Å²) in [4.78, 5) is 15.0. The van der Waals surface area contributed by atoms with Crippen molar-refractivity contribution in [1.29, 1.82) is 0 Å². The number of benzene rings is 5. The van der Waals surface area contributed by atoms with Crippen LogP contribution in [0.15, 0.2) is 152 Å². The van der Waals surface area contributed by atoms with Gasteiger partial charge in [0.25, 0.3) is 0 Å². The van der Waals surface area contributed by atoms with Crippen LogP contribution in [0.1, 0.15) is 24.2 Å². The zero-order chi connectivity index (χ0) is 30.5. The highest BCUT2D eigenvalue weighted by Gasteiger charge is 2.25. The minimum absolute atomic E-state index is 0.799. The molecule has 0 saturated carbocycles. The first kappa shape index (κ1) is 26.5. The van der Waals surface area contributed by atoms with E-state index in [1.807, 2.05) is 18.5 Å². The monoisotopic (exact) mass is 587 g/mol. The molecular weight excluding hydrogens is 558 g/mol. The molecule has 0 saturated heterocycles. The van der Waals surface area contributed by atoms with Crippen LogP contribution in [0.25, 0.3) is 67.0 Å². The SMILES string of the molecule is c1ccc(-c2cccc(-c3cc(-c4cccc(-c5cccnc5)c4)nc(C4=c5cccc6c5=C(CC4)c4ccccc4-6)n3)c2)cc1. The Morgan fingerprint density at radius 1 is 0.413 bits per heavy atom. The van der Waals surface area contributed by atoms with Crippen molar-refractivity contribution in [2.24, 2.45) is 0 Å². The number of rotatable bonds is 5. The molecule has 0 spiro atoms. The molecule has 0 radical (unpaired) electrons. The third-order valence-electron chi connectivity index (χ3n) is 9.27. The van der Waals surface area contributed by atoms with Crippen LogP contribution in [-0.2, 0) is 0 Å². The van der Waals surface area contributed by atoms with Crippen molar-refractivity contribution in [2.75, 3.05) is 0 Å². The topological polar surface area (TPSA) is 38.7 Å². The van der Waals surface area contributed by atoms with Gasteiger partial charge in [-0.25, -0.2) is 9.97 Å². The number of hydrogen-bond acceptors (Lipinski definition) is 3. The number of nitrogens with zero attached hydrogens (tertiary/aromatic N) is 3. The van der Waals surface area contributed by atoms with Gasteiger partial charge in [0.05, 0.1) is 11.4 Å². The number of aromatic nitrogens is 3. The summed E-state index contributed by atoms with van der Waals surface area (Å²) < 4.78 is 0. The molecule has 0 atom stereocenters. The maximum atomic E-state index is 5.32. The Hall–Kier alpha value is -5.93. The summed E-state index contributed by atoms with van der Waals surface area (Å²) >= 11 is 0. The lowest BCUT2D eigenvalue weighted by Gasteiger charge is -2.16. The molecule has 216 valence electrons. The molecule has 3 nitrogen and oxygen atoms in total. The van der Waals surface area contributed by atoms with Gasteiger partial charge in [-0.15, -0.1) is 0 Å². The number of pyridine rings is 1. The number of hydrogen-bond donors (Lipinski definition) is 0. The quantitative estimate of drug-likeness (QED) is 0.202. The molecule has 0 fully saturated rings. The molecule has 2 heterocycles. The molecule has 5 aromatic carbocycles. The van der Waals surface area contributed by atoms with Gasteiger partial charge in [0.1, 0.15) is 0 Å². The Balaban J connectivity index is 1.27. The van der Waals surface area contributed by atoms with Crippen molar-refractivity contribution in [2.45, 2.75) is 12.8 Å². The van der Waals surface area contributed by atoms with Crippen molar-refractivity contribution in [3.8, 4) is 55.9 Å². The molecule has 0 unspecified atom stereocenters. The van der Waals surface area contributed by atoms with E-state index in [1.165, 1.54) is 49.4 Å². The van der Waals surface area contributed by atoms with Crippen LogP contribution < -0.4 is 10.4 Å². The molecule has 2 aliphatic carbocycles. The molecular formula is C43H29N3. The third kappa shape index (κ3) is 4.48. The summed E-state index contributed by atoms with van der Waals surface area (Å²) in [6.07, 6.45) is 5.58. The standard InChI is InChI=1S/C43H29N3/c1-2-10-28(11-3-1)29-12-6-14-31(24-29)40-26-41(32-15-7-13-30(25-32)33-16-9-23-44-27-33)46-43(45-40)39-22-21-38-35-18-5-4-17-34(35)36-19-8-20-37(39)42(36)38/h1-20,23-27H,21-22H2. The molecule has 0 bridgehead atoms. The largest absolute Gasteiger partial charge is 0.264 e. The van der Waals surface area contributed by atoms with Crippen LogP contribution in [0, 0.1) is 0 Å². The fourth-order valence-electron chi connectivity index (χ4n) is 7.10. The Kier molecular flexibility index (Phi) is 6.27. The summed E-state index contributed by atoms with van der Waals surface area (Å²) in [5.41, 5.74) is 15.2. The van der Waals surface area contributed by atoms with Gasteiger partial charge in [-0.3, -0.25) is 4.98 Å². The smallest absolute Gasteiger partial charge is 0.157 e. The van der Waals surface area contributed by atoms with Gasteiger partial charge in [-0.05, 0) is 86.5 Å². The third-order valence-corrected chi connectivity index (χ3v) is 9.27. The molecule has 7 aromatic rings. The molecule has 9 rings (SSSR count). The highest BCUT2D eigenvalue weighted by Crippen LogP contribution is 2.37. The predicted molar refractivity (Wildman–Crippen MR) is 187 cm³/mol. The molecule has 0 aliphatic heterocycles. The van der Waals surface area contributed by atoms with Crippen LogP contribution in [-0.4, -0.2) is 15.0 Å². The lowest BCUT2D eigenvalue weighted by Crippen LogP contribution is -2.32. The molecule has 0 amide bonds. The van der Waals surface area contributed by atoms with Crippen LogP contribution in [0.2, 0.25) is 0 Å².